The highest BCUT2D eigenvalue weighted by molar-refractivity contribution is 5.76. The fourth-order valence-electron chi connectivity index (χ4n) is 2.96. The first-order chi connectivity index (χ1) is 8.16. The lowest BCUT2D eigenvalue weighted by Gasteiger charge is -2.33. The van der Waals surface area contributed by atoms with Crippen molar-refractivity contribution in [2.24, 2.45) is 11.8 Å². The maximum Gasteiger partial charge on any atom is 0.306 e. The summed E-state index contributed by atoms with van der Waals surface area (Å²) in [5.41, 5.74) is 0. The quantitative estimate of drug-likeness (QED) is 0.818. The highest BCUT2D eigenvalue weighted by Crippen LogP contribution is 2.30. The zero-order valence-corrected chi connectivity index (χ0v) is 10.2. The fraction of sp³-hybridized carbons (Fsp3) is 0.846. The van der Waals surface area contributed by atoms with Gasteiger partial charge in [0.05, 0.1) is 5.92 Å². The Morgan fingerprint density at radius 1 is 1.24 bits per heavy atom. The molecule has 1 heterocycles. The van der Waals surface area contributed by atoms with Crippen molar-refractivity contribution in [3.05, 3.63) is 0 Å². The molecule has 1 aliphatic heterocycles. The summed E-state index contributed by atoms with van der Waals surface area (Å²) in [6.45, 7) is 1.75. The van der Waals surface area contributed by atoms with Gasteiger partial charge in [-0.3, -0.25) is 9.59 Å². The van der Waals surface area contributed by atoms with E-state index >= 15 is 0 Å². The number of rotatable bonds is 3. The van der Waals surface area contributed by atoms with E-state index in [4.69, 9.17) is 5.11 Å². The standard InChI is InChI=1S/C13H21NO3/c15-12-3-1-2-8-14(12)9-10-4-6-11(7-5-10)13(16)17/h10-11H,1-9H2,(H,16,17). The molecule has 2 aliphatic rings. The van der Waals surface area contributed by atoms with Gasteiger partial charge in [-0.15, -0.1) is 0 Å². The predicted octanol–water partition coefficient (Wildman–Crippen LogP) is 1.89. The van der Waals surface area contributed by atoms with E-state index in [0.717, 1.165) is 51.6 Å². The second kappa shape index (κ2) is 5.52. The summed E-state index contributed by atoms with van der Waals surface area (Å²) in [4.78, 5) is 24.5. The molecular weight excluding hydrogens is 218 g/mol. The molecular formula is C13H21NO3. The molecule has 4 heteroatoms. The highest BCUT2D eigenvalue weighted by atomic mass is 16.4. The molecule has 0 bridgehead atoms. The van der Waals surface area contributed by atoms with Crippen molar-refractivity contribution in [2.75, 3.05) is 13.1 Å². The van der Waals surface area contributed by atoms with E-state index in [1.54, 1.807) is 0 Å². The number of amides is 1. The van der Waals surface area contributed by atoms with Gasteiger partial charge in [-0.2, -0.15) is 0 Å². The smallest absolute Gasteiger partial charge is 0.306 e. The molecule has 0 radical (unpaired) electrons. The minimum Gasteiger partial charge on any atom is -0.481 e. The first-order valence-corrected chi connectivity index (χ1v) is 6.67. The molecule has 96 valence electrons. The monoisotopic (exact) mass is 239 g/mol. The summed E-state index contributed by atoms with van der Waals surface area (Å²) in [5.74, 6) is 0.00469. The first-order valence-electron chi connectivity index (χ1n) is 6.67. The largest absolute Gasteiger partial charge is 0.481 e. The minimum atomic E-state index is -0.655. The third-order valence-corrected chi connectivity index (χ3v) is 4.10. The highest BCUT2D eigenvalue weighted by Gasteiger charge is 2.28. The van der Waals surface area contributed by atoms with E-state index in [-0.39, 0.29) is 11.8 Å². The van der Waals surface area contributed by atoms with Crippen LogP contribution in [0.1, 0.15) is 44.9 Å². The van der Waals surface area contributed by atoms with E-state index in [1.165, 1.54) is 0 Å². The van der Waals surface area contributed by atoms with Gasteiger partial charge in [-0.05, 0) is 44.4 Å². The Balaban J connectivity index is 1.77. The summed E-state index contributed by atoms with van der Waals surface area (Å²) >= 11 is 0. The molecule has 2 fully saturated rings. The van der Waals surface area contributed by atoms with Gasteiger partial charge in [-0.25, -0.2) is 0 Å². The average molecular weight is 239 g/mol. The summed E-state index contributed by atoms with van der Waals surface area (Å²) in [5, 5.41) is 8.92. The Hall–Kier alpha value is -1.06. The van der Waals surface area contributed by atoms with Gasteiger partial charge in [0.15, 0.2) is 0 Å². The first kappa shape index (κ1) is 12.4. The Kier molecular flexibility index (Phi) is 4.02. The minimum absolute atomic E-state index is 0.150. The van der Waals surface area contributed by atoms with Crippen LogP contribution in [0.5, 0.6) is 0 Å². The van der Waals surface area contributed by atoms with Crippen molar-refractivity contribution in [1.29, 1.82) is 0 Å². The lowest BCUT2D eigenvalue weighted by atomic mass is 9.81. The number of piperidine rings is 1. The van der Waals surface area contributed by atoms with Gasteiger partial charge in [-0.1, -0.05) is 0 Å². The molecule has 1 aliphatic carbocycles. The summed E-state index contributed by atoms with van der Waals surface area (Å²) < 4.78 is 0. The zero-order valence-electron chi connectivity index (χ0n) is 10.2. The number of carbonyl (C=O) groups excluding carboxylic acids is 1. The molecule has 0 spiro atoms. The number of nitrogens with zero attached hydrogens (tertiary/aromatic N) is 1. The second-order valence-corrected chi connectivity index (χ2v) is 5.35. The van der Waals surface area contributed by atoms with Gasteiger partial charge in [0, 0.05) is 19.5 Å². The molecule has 0 aromatic heterocycles. The van der Waals surface area contributed by atoms with Crippen LogP contribution in [-0.2, 0) is 9.59 Å². The number of aliphatic carboxylic acids is 1. The van der Waals surface area contributed by atoms with E-state index < -0.39 is 5.97 Å². The van der Waals surface area contributed by atoms with Gasteiger partial charge in [0.1, 0.15) is 0 Å². The molecule has 1 amide bonds. The van der Waals surface area contributed by atoms with Crippen molar-refractivity contribution in [1.82, 2.24) is 4.90 Å². The topological polar surface area (TPSA) is 57.6 Å². The van der Waals surface area contributed by atoms with Crippen LogP contribution in [0.15, 0.2) is 0 Å². The number of likely N-dealkylation sites (tertiary alicyclic amines) is 1. The average Bonchev–Trinajstić information content (AvgIpc) is 2.33. The number of carboxylic acids is 1. The van der Waals surface area contributed by atoms with Crippen molar-refractivity contribution < 1.29 is 14.7 Å². The van der Waals surface area contributed by atoms with Gasteiger partial charge in [0.2, 0.25) is 5.91 Å². The van der Waals surface area contributed by atoms with Crippen LogP contribution in [0.2, 0.25) is 0 Å². The molecule has 1 N–H and O–H groups in total. The van der Waals surface area contributed by atoms with Crippen LogP contribution in [0.25, 0.3) is 0 Å². The summed E-state index contributed by atoms with van der Waals surface area (Å²) in [7, 11) is 0. The molecule has 17 heavy (non-hydrogen) atoms. The van der Waals surface area contributed by atoms with Crippen LogP contribution >= 0.6 is 0 Å². The maximum atomic E-state index is 11.7. The van der Waals surface area contributed by atoms with Gasteiger partial charge in [0.25, 0.3) is 0 Å². The van der Waals surface area contributed by atoms with E-state index in [2.05, 4.69) is 0 Å². The Morgan fingerprint density at radius 3 is 2.53 bits per heavy atom. The lowest BCUT2D eigenvalue weighted by molar-refractivity contribution is -0.143. The predicted molar refractivity (Wildman–Crippen MR) is 63.5 cm³/mol. The van der Waals surface area contributed by atoms with Crippen LogP contribution in [0, 0.1) is 11.8 Å². The summed E-state index contributed by atoms with van der Waals surface area (Å²) in [6.07, 6.45) is 6.33. The second-order valence-electron chi connectivity index (χ2n) is 5.35. The van der Waals surface area contributed by atoms with Gasteiger partial charge >= 0.3 is 5.97 Å². The number of carbonyl (C=O) groups is 2. The van der Waals surface area contributed by atoms with Crippen LogP contribution < -0.4 is 0 Å². The number of hydrogen-bond donors (Lipinski definition) is 1. The van der Waals surface area contributed by atoms with Crippen LogP contribution in [0.3, 0.4) is 0 Å². The molecule has 0 aromatic carbocycles. The SMILES string of the molecule is O=C(O)C1CCC(CN2CCCCC2=O)CC1. The van der Waals surface area contributed by atoms with Gasteiger partial charge < -0.3 is 10.0 Å². The Bertz CT molecular complexity index is 295. The van der Waals surface area contributed by atoms with Crippen molar-refractivity contribution in [3.63, 3.8) is 0 Å². The third-order valence-electron chi connectivity index (χ3n) is 4.10. The Morgan fingerprint density at radius 2 is 1.94 bits per heavy atom. The number of hydrogen-bond acceptors (Lipinski definition) is 2. The molecule has 1 saturated carbocycles. The van der Waals surface area contributed by atoms with E-state index in [9.17, 15) is 9.59 Å². The Labute approximate surface area is 102 Å². The molecule has 0 aromatic rings. The maximum absolute atomic E-state index is 11.7. The molecule has 1 saturated heterocycles. The summed E-state index contributed by atoms with van der Waals surface area (Å²) in [6, 6.07) is 0. The normalized spacial score (nSPS) is 30.4. The van der Waals surface area contributed by atoms with E-state index in [1.807, 2.05) is 4.90 Å². The van der Waals surface area contributed by atoms with Crippen molar-refractivity contribution in [3.8, 4) is 0 Å². The third kappa shape index (κ3) is 3.20. The molecule has 2 rings (SSSR count). The number of carboxylic acid groups (broad SMARTS) is 1. The molecule has 4 nitrogen and oxygen atoms in total. The fourth-order valence-corrected chi connectivity index (χ4v) is 2.96. The van der Waals surface area contributed by atoms with Crippen molar-refractivity contribution in [2.45, 2.75) is 44.9 Å². The molecule has 0 unspecified atom stereocenters. The van der Waals surface area contributed by atoms with Crippen LogP contribution in [0.4, 0.5) is 0 Å². The molecule has 0 atom stereocenters. The van der Waals surface area contributed by atoms with Crippen molar-refractivity contribution >= 4 is 11.9 Å². The lowest BCUT2D eigenvalue weighted by Crippen LogP contribution is -2.39. The zero-order chi connectivity index (χ0) is 12.3. The van der Waals surface area contributed by atoms with Crippen LogP contribution in [-0.4, -0.2) is 35.0 Å². The van der Waals surface area contributed by atoms with E-state index in [0.29, 0.717) is 12.3 Å².